The first kappa shape index (κ1) is 18.1. The van der Waals surface area contributed by atoms with Crippen molar-refractivity contribution in [3.05, 3.63) is 78.1 Å². The molecule has 1 fully saturated rings. The molecular formula is C25H25N3O. The van der Waals surface area contributed by atoms with E-state index in [0.29, 0.717) is 0 Å². The number of imidazole rings is 1. The molecule has 2 heterocycles. The van der Waals surface area contributed by atoms with Crippen LogP contribution in [-0.4, -0.2) is 39.2 Å². The van der Waals surface area contributed by atoms with Gasteiger partial charge in [0.25, 0.3) is 0 Å². The van der Waals surface area contributed by atoms with Crippen molar-refractivity contribution in [2.24, 2.45) is 0 Å². The Kier molecular flexibility index (Phi) is 4.66. The van der Waals surface area contributed by atoms with Gasteiger partial charge in [0.1, 0.15) is 5.82 Å². The van der Waals surface area contributed by atoms with E-state index >= 15 is 0 Å². The number of aromatic amines is 1. The zero-order chi connectivity index (χ0) is 19.8. The summed E-state index contributed by atoms with van der Waals surface area (Å²) in [4.78, 5) is 10.1. The van der Waals surface area contributed by atoms with Crippen molar-refractivity contribution in [1.82, 2.24) is 14.9 Å². The lowest BCUT2D eigenvalue weighted by molar-refractivity contribution is 0.175. The summed E-state index contributed by atoms with van der Waals surface area (Å²) >= 11 is 0. The van der Waals surface area contributed by atoms with Crippen LogP contribution in [0.15, 0.2) is 66.7 Å². The number of fused-ring (bicyclic) bond motifs is 1. The lowest BCUT2D eigenvalue weighted by Gasteiger charge is -2.18. The van der Waals surface area contributed by atoms with Crippen LogP contribution in [0.1, 0.15) is 17.8 Å². The number of rotatable bonds is 4. The van der Waals surface area contributed by atoms with E-state index in [9.17, 15) is 5.11 Å². The summed E-state index contributed by atoms with van der Waals surface area (Å²) in [6, 6.07) is 23.7. The number of aryl methyl sites for hydroxylation is 1. The monoisotopic (exact) mass is 383 g/mol. The molecule has 1 aromatic heterocycles. The largest absolute Gasteiger partial charge is 0.392 e. The van der Waals surface area contributed by atoms with Gasteiger partial charge in [-0.15, -0.1) is 0 Å². The molecule has 146 valence electrons. The maximum Gasteiger partial charge on any atom is 0.104 e. The van der Waals surface area contributed by atoms with Crippen LogP contribution in [0.5, 0.6) is 0 Å². The van der Waals surface area contributed by atoms with Gasteiger partial charge in [-0.1, -0.05) is 54.6 Å². The van der Waals surface area contributed by atoms with Gasteiger partial charge in [0.15, 0.2) is 0 Å². The number of aromatic nitrogens is 2. The third kappa shape index (κ3) is 3.69. The van der Waals surface area contributed by atoms with E-state index in [-0.39, 0.29) is 6.10 Å². The number of aliphatic hydroxyl groups is 1. The van der Waals surface area contributed by atoms with E-state index in [1.54, 1.807) is 0 Å². The van der Waals surface area contributed by atoms with Crippen molar-refractivity contribution in [3.8, 4) is 22.3 Å². The molecule has 0 radical (unpaired) electrons. The average Bonchev–Trinajstić information content (AvgIpc) is 3.32. The molecule has 0 aliphatic carbocycles. The Bertz CT molecular complexity index is 1150. The molecule has 4 nitrogen and oxygen atoms in total. The molecule has 3 aromatic carbocycles. The zero-order valence-electron chi connectivity index (χ0n) is 16.6. The molecule has 4 aromatic rings. The Morgan fingerprint density at radius 2 is 1.76 bits per heavy atom. The predicted molar refractivity (Wildman–Crippen MR) is 118 cm³/mol. The van der Waals surface area contributed by atoms with Gasteiger partial charge in [-0.25, -0.2) is 4.98 Å². The lowest BCUT2D eigenvalue weighted by Crippen LogP contribution is -2.21. The molecule has 0 unspecified atom stereocenters. The molecule has 0 spiro atoms. The Labute approximate surface area is 170 Å². The van der Waals surface area contributed by atoms with Crippen molar-refractivity contribution in [3.63, 3.8) is 0 Å². The maximum atomic E-state index is 9.82. The van der Waals surface area contributed by atoms with Crippen LogP contribution in [0.25, 0.3) is 33.3 Å². The Morgan fingerprint density at radius 3 is 2.55 bits per heavy atom. The van der Waals surface area contributed by atoms with E-state index in [1.165, 1.54) is 27.8 Å². The first-order valence-electron chi connectivity index (χ1n) is 10.2. The van der Waals surface area contributed by atoms with E-state index in [2.05, 4.69) is 81.6 Å². The van der Waals surface area contributed by atoms with E-state index in [0.717, 1.165) is 42.9 Å². The van der Waals surface area contributed by atoms with Gasteiger partial charge >= 0.3 is 0 Å². The normalized spacial score (nSPS) is 17.2. The van der Waals surface area contributed by atoms with Crippen molar-refractivity contribution < 1.29 is 5.11 Å². The Hall–Kier alpha value is -2.95. The number of benzene rings is 3. The van der Waals surface area contributed by atoms with Crippen LogP contribution < -0.4 is 0 Å². The predicted octanol–water partition coefficient (Wildman–Crippen LogP) is 4.77. The minimum absolute atomic E-state index is 0.183. The summed E-state index contributed by atoms with van der Waals surface area (Å²) in [5.41, 5.74) is 8.26. The van der Waals surface area contributed by atoms with Gasteiger partial charge in [0.2, 0.25) is 0 Å². The molecule has 1 saturated heterocycles. The second-order valence-electron chi connectivity index (χ2n) is 7.97. The second-order valence-corrected chi connectivity index (χ2v) is 7.97. The summed E-state index contributed by atoms with van der Waals surface area (Å²) in [6.07, 6.45) is 0.689. The van der Waals surface area contributed by atoms with Gasteiger partial charge in [0.05, 0.1) is 17.1 Å². The van der Waals surface area contributed by atoms with Crippen LogP contribution in [0.4, 0.5) is 0 Å². The van der Waals surface area contributed by atoms with Crippen molar-refractivity contribution >= 4 is 11.0 Å². The fraction of sp³-hybridized carbons (Fsp3) is 0.240. The molecule has 2 N–H and O–H groups in total. The molecule has 4 heteroatoms. The zero-order valence-corrected chi connectivity index (χ0v) is 16.6. The third-order valence-electron chi connectivity index (χ3n) is 5.79. The topological polar surface area (TPSA) is 52.1 Å². The number of nitrogens with one attached hydrogen (secondary N) is 1. The van der Waals surface area contributed by atoms with Crippen molar-refractivity contribution in [2.75, 3.05) is 13.1 Å². The van der Waals surface area contributed by atoms with Crippen LogP contribution in [0.3, 0.4) is 0 Å². The van der Waals surface area contributed by atoms with Gasteiger partial charge < -0.3 is 10.1 Å². The van der Waals surface area contributed by atoms with Gasteiger partial charge in [-0.2, -0.15) is 0 Å². The molecule has 0 bridgehead atoms. The SMILES string of the molecule is Cc1nc2ccc(-c3ccc(-c4ccccc4CN4CC[C@@H](O)C4)cc3)cc2[nH]1. The number of H-pyrrole nitrogens is 1. The molecule has 5 rings (SSSR count). The highest BCUT2D eigenvalue weighted by Gasteiger charge is 2.20. The Balaban J connectivity index is 1.42. The third-order valence-corrected chi connectivity index (χ3v) is 5.79. The van der Waals surface area contributed by atoms with Crippen molar-refractivity contribution in [2.45, 2.75) is 26.0 Å². The minimum atomic E-state index is -0.183. The number of hydrogen-bond donors (Lipinski definition) is 2. The molecule has 0 amide bonds. The molecule has 1 aliphatic heterocycles. The van der Waals surface area contributed by atoms with Crippen LogP contribution in [0.2, 0.25) is 0 Å². The van der Waals surface area contributed by atoms with Crippen molar-refractivity contribution in [1.29, 1.82) is 0 Å². The molecule has 0 saturated carbocycles. The second kappa shape index (κ2) is 7.47. The smallest absolute Gasteiger partial charge is 0.104 e. The fourth-order valence-electron chi connectivity index (χ4n) is 4.30. The highest BCUT2D eigenvalue weighted by atomic mass is 16.3. The van der Waals surface area contributed by atoms with E-state index in [1.807, 2.05) is 6.92 Å². The maximum absolute atomic E-state index is 9.82. The van der Waals surface area contributed by atoms with E-state index in [4.69, 9.17) is 0 Å². The molecule has 1 atom stereocenters. The number of aliphatic hydroxyl groups excluding tert-OH is 1. The Morgan fingerprint density at radius 1 is 1.00 bits per heavy atom. The first-order valence-corrected chi connectivity index (χ1v) is 10.2. The number of nitrogens with zero attached hydrogens (tertiary/aromatic N) is 2. The van der Waals surface area contributed by atoms with Gasteiger partial charge in [0, 0.05) is 19.6 Å². The van der Waals surface area contributed by atoms with Crippen LogP contribution in [-0.2, 0) is 6.54 Å². The van der Waals surface area contributed by atoms with Crippen LogP contribution >= 0.6 is 0 Å². The first-order chi connectivity index (χ1) is 14.2. The molecule has 1 aliphatic rings. The van der Waals surface area contributed by atoms with E-state index < -0.39 is 0 Å². The minimum Gasteiger partial charge on any atom is -0.392 e. The highest BCUT2D eigenvalue weighted by Crippen LogP contribution is 2.29. The summed E-state index contributed by atoms with van der Waals surface area (Å²) in [6.45, 7) is 4.59. The number of likely N-dealkylation sites (tertiary alicyclic amines) is 1. The highest BCUT2D eigenvalue weighted by molar-refractivity contribution is 5.82. The molecular weight excluding hydrogens is 358 g/mol. The van der Waals surface area contributed by atoms with Gasteiger partial charge in [-0.3, -0.25) is 4.90 Å². The summed E-state index contributed by atoms with van der Waals surface area (Å²) < 4.78 is 0. The summed E-state index contributed by atoms with van der Waals surface area (Å²) in [5.74, 6) is 0.939. The average molecular weight is 383 g/mol. The van der Waals surface area contributed by atoms with Gasteiger partial charge in [-0.05, 0) is 53.3 Å². The quantitative estimate of drug-likeness (QED) is 0.534. The summed E-state index contributed by atoms with van der Waals surface area (Å²) in [5, 5.41) is 9.82. The molecule has 29 heavy (non-hydrogen) atoms. The standard InChI is InChI=1S/C25H25N3O/c1-17-26-24-11-10-20(14-25(24)27-17)18-6-8-19(9-7-18)23-5-3-2-4-21(23)15-28-13-12-22(29)16-28/h2-11,14,22,29H,12-13,15-16H2,1H3,(H,26,27)/t22-/m1/s1. The lowest BCUT2D eigenvalue weighted by atomic mass is 9.96. The number of hydrogen-bond acceptors (Lipinski definition) is 3. The number of β-amino-alcohol motifs (C(OH)–C–C–N with tert-alkyl or cyclic N) is 1. The van der Waals surface area contributed by atoms with Crippen LogP contribution in [0, 0.1) is 6.92 Å². The summed E-state index contributed by atoms with van der Waals surface area (Å²) in [7, 11) is 0. The fourth-order valence-corrected chi connectivity index (χ4v) is 4.30.